The van der Waals surface area contributed by atoms with Crippen LogP contribution in [-0.2, 0) is 34.7 Å². The summed E-state index contributed by atoms with van der Waals surface area (Å²) in [5, 5.41) is 7.19. The minimum atomic E-state index is -4.47. The number of alkyl halides is 3. The largest absolute Gasteiger partial charge is 0.416 e. The molecule has 2 heterocycles. The number of carbonyl (C=O) groups excluding carboxylic acids is 1. The normalized spacial score (nSPS) is 16.0. The van der Waals surface area contributed by atoms with Crippen molar-refractivity contribution in [2.24, 2.45) is 7.05 Å². The number of aromatic nitrogens is 2. The molecule has 4 rings (SSSR count). The summed E-state index contributed by atoms with van der Waals surface area (Å²) in [6.45, 7) is 0.886. The van der Waals surface area contributed by atoms with Crippen LogP contribution in [-0.4, -0.2) is 28.9 Å². The Morgan fingerprint density at radius 1 is 1.16 bits per heavy atom. The van der Waals surface area contributed by atoms with Crippen LogP contribution in [0.4, 0.5) is 13.2 Å². The molecular formula is C24H24F3N3O2. The second-order valence-corrected chi connectivity index (χ2v) is 8.02. The monoisotopic (exact) mass is 443 g/mol. The highest BCUT2D eigenvalue weighted by molar-refractivity contribution is 5.88. The Bertz CT molecular complexity index is 1100. The molecule has 8 heteroatoms. The first-order chi connectivity index (χ1) is 15.3. The number of ether oxygens (including phenoxy) is 1. The van der Waals surface area contributed by atoms with E-state index in [2.05, 4.69) is 10.4 Å². The number of nitrogens with one attached hydrogen (secondary N) is 1. The molecular weight excluding hydrogens is 419 g/mol. The Balaban J connectivity index is 1.61. The molecule has 0 spiro atoms. The number of nitrogens with zero attached hydrogens (tertiary/aromatic N) is 2. The fourth-order valence-electron chi connectivity index (χ4n) is 4.22. The third-order valence-corrected chi connectivity index (χ3v) is 6.00. The maximum atomic E-state index is 13.4. The van der Waals surface area contributed by atoms with Gasteiger partial charge in [-0.15, -0.1) is 0 Å². The van der Waals surface area contributed by atoms with Gasteiger partial charge in [0.25, 0.3) is 0 Å². The van der Waals surface area contributed by atoms with Gasteiger partial charge in [0.2, 0.25) is 5.91 Å². The van der Waals surface area contributed by atoms with Crippen molar-refractivity contribution in [2.45, 2.75) is 31.0 Å². The van der Waals surface area contributed by atoms with Gasteiger partial charge in [0, 0.05) is 38.6 Å². The van der Waals surface area contributed by atoms with Crippen molar-refractivity contribution in [3.8, 4) is 11.1 Å². The highest BCUT2D eigenvalue weighted by Crippen LogP contribution is 2.38. The van der Waals surface area contributed by atoms with E-state index < -0.39 is 17.2 Å². The Labute approximate surface area is 184 Å². The van der Waals surface area contributed by atoms with Crippen LogP contribution in [0.25, 0.3) is 11.1 Å². The summed E-state index contributed by atoms with van der Waals surface area (Å²) in [6, 6.07) is 12.8. The maximum absolute atomic E-state index is 13.4. The van der Waals surface area contributed by atoms with Crippen molar-refractivity contribution in [1.82, 2.24) is 15.1 Å². The zero-order valence-electron chi connectivity index (χ0n) is 17.7. The highest BCUT2D eigenvalue weighted by atomic mass is 19.4. The van der Waals surface area contributed by atoms with Crippen LogP contribution < -0.4 is 5.32 Å². The lowest BCUT2D eigenvalue weighted by Crippen LogP contribution is -2.48. The van der Waals surface area contributed by atoms with E-state index in [4.69, 9.17) is 4.74 Å². The van der Waals surface area contributed by atoms with Crippen molar-refractivity contribution in [3.05, 3.63) is 77.6 Å². The molecule has 168 valence electrons. The number of hydrogen-bond donors (Lipinski definition) is 1. The van der Waals surface area contributed by atoms with E-state index in [0.29, 0.717) is 31.6 Å². The number of rotatable bonds is 5. The second kappa shape index (κ2) is 8.78. The van der Waals surface area contributed by atoms with Gasteiger partial charge in [-0.1, -0.05) is 42.5 Å². The molecule has 1 N–H and O–H groups in total. The third-order valence-electron chi connectivity index (χ3n) is 6.00. The Kier molecular flexibility index (Phi) is 6.06. The molecule has 0 atom stereocenters. The molecule has 1 aromatic heterocycles. The number of carbonyl (C=O) groups is 1. The van der Waals surface area contributed by atoms with Crippen LogP contribution in [0.2, 0.25) is 0 Å². The fourth-order valence-corrected chi connectivity index (χ4v) is 4.22. The lowest BCUT2D eigenvalue weighted by molar-refractivity contribution is -0.138. The molecule has 1 fully saturated rings. The van der Waals surface area contributed by atoms with Gasteiger partial charge >= 0.3 is 6.18 Å². The second-order valence-electron chi connectivity index (χ2n) is 8.02. The number of amides is 1. The topological polar surface area (TPSA) is 56.2 Å². The van der Waals surface area contributed by atoms with E-state index in [1.165, 1.54) is 6.07 Å². The molecule has 1 amide bonds. The van der Waals surface area contributed by atoms with Crippen molar-refractivity contribution in [2.75, 3.05) is 13.2 Å². The Morgan fingerprint density at radius 2 is 1.91 bits per heavy atom. The van der Waals surface area contributed by atoms with Crippen molar-refractivity contribution >= 4 is 5.91 Å². The van der Waals surface area contributed by atoms with E-state index in [0.717, 1.165) is 28.8 Å². The van der Waals surface area contributed by atoms with Crippen LogP contribution in [0.3, 0.4) is 0 Å². The quantitative estimate of drug-likeness (QED) is 0.633. The molecule has 1 saturated heterocycles. The average molecular weight is 443 g/mol. The van der Waals surface area contributed by atoms with Crippen molar-refractivity contribution < 1.29 is 22.7 Å². The molecule has 0 unspecified atom stereocenters. The summed E-state index contributed by atoms with van der Waals surface area (Å²) in [4.78, 5) is 13.4. The van der Waals surface area contributed by atoms with Crippen LogP contribution in [0.1, 0.15) is 29.5 Å². The molecule has 2 aromatic carbocycles. The average Bonchev–Trinajstić information content (AvgIpc) is 3.23. The lowest BCUT2D eigenvalue weighted by atomic mass is 9.73. The number of benzene rings is 2. The first kappa shape index (κ1) is 22.1. The summed E-state index contributed by atoms with van der Waals surface area (Å²) >= 11 is 0. The van der Waals surface area contributed by atoms with E-state index in [-0.39, 0.29) is 12.5 Å². The standard InChI is InChI=1S/C24H24F3N3O2/c1-30-16-18(15-29-30)21-8-3-2-5-17(21)14-28-22(31)23(9-11-32-12-10-23)19-6-4-7-20(13-19)24(25,26)27/h2-8,13,15-16H,9-12,14H2,1H3,(H,28,31). The molecule has 1 aliphatic heterocycles. The summed E-state index contributed by atoms with van der Waals surface area (Å²) in [5.74, 6) is -0.291. The minimum absolute atomic E-state index is 0.255. The maximum Gasteiger partial charge on any atom is 0.416 e. The zero-order chi connectivity index (χ0) is 22.8. The minimum Gasteiger partial charge on any atom is -0.381 e. The summed E-state index contributed by atoms with van der Waals surface area (Å²) in [5.41, 5.74) is 1.32. The third kappa shape index (κ3) is 4.41. The molecule has 5 nitrogen and oxygen atoms in total. The van der Waals surface area contributed by atoms with Gasteiger partial charge in [-0.25, -0.2) is 0 Å². The summed E-state index contributed by atoms with van der Waals surface area (Å²) in [6.07, 6.45) is -0.178. The lowest BCUT2D eigenvalue weighted by Gasteiger charge is -2.36. The Morgan fingerprint density at radius 3 is 2.59 bits per heavy atom. The molecule has 1 aliphatic rings. The van der Waals surface area contributed by atoms with Gasteiger partial charge in [-0.3, -0.25) is 9.48 Å². The van der Waals surface area contributed by atoms with Gasteiger partial charge in [0.1, 0.15) is 0 Å². The van der Waals surface area contributed by atoms with Gasteiger partial charge in [-0.2, -0.15) is 18.3 Å². The van der Waals surface area contributed by atoms with E-state index in [1.54, 1.807) is 16.9 Å². The van der Waals surface area contributed by atoms with E-state index in [9.17, 15) is 18.0 Å². The molecule has 0 aliphatic carbocycles. The molecule has 3 aromatic rings. The molecule has 32 heavy (non-hydrogen) atoms. The van der Waals surface area contributed by atoms with E-state index >= 15 is 0 Å². The molecule has 0 radical (unpaired) electrons. The van der Waals surface area contributed by atoms with Gasteiger partial charge in [-0.05, 0) is 35.6 Å². The zero-order valence-corrected chi connectivity index (χ0v) is 17.7. The number of hydrogen-bond acceptors (Lipinski definition) is 3. The SMILES string of the molecule is Cn1cc(-c2ccccc2CNC(=O)C2(c3cccc(C(F)(F)F)c3)CCOCC2)cn1. The van der Waals surface area contributed by atoms with Crippen LogP contribution in [0.15, 0.2) is 60.9 Å². The van der Waals surface area contributed by atoms with Gasteiger partial charge in [0.15, 0.2) is 0 Å². The van der Waals surface area contributed by atoms with E-state index in [1.807, 2.05) is 37.5 Å². The first-order valence-electron chi connectivity index (χ1n) is 10.4. The van der Waals surface area contributed by atoms with Crippen LogP contribution >= 0.6 is 0 Å². The summed E-state index contributed by atoms with van der Waals surface area (Å²) in [7, 11) is 1.83. The number of halogens is 3. The molecule has 0 saturated carbocycles. The Hall–Kier alpha value is -3.13. The van der Waals surface area contributed by atoms with Crippen LogP contribution in [0.5, 0.6) is 0 Å². The van der Waals surface area contributed by atoms with Crippen molar-refractivity contribution in [3.63, 3.8) is 0 Å². The highest BCUT2D eigenvalue weighted by Gasteiger charge is 2.43. The fraction of sp³-hybridized carbons (Fsp3) is 0.333. The predicted molar refractivity (Wildman–Crippen MR) is 114 cm³/mol. The first-order valence-corrected chi connectivity index (χ1v) is 10.4. The van der Waals surface area contributed by atoms with Gasteiger partial charge < -0.3 is 10.1 Å². The number of aryl methyl sites for hydroxylation is 1. The van der Waals surface area contributed by atoms with Crippen molar-refractivity contribution in [1.29, 1.82) is 0 Å². The molecule has 0 bridgehead atoms. The smallest absolute Gasteiger partial charge is 0.381 e. The summed E-state index contributed by atoms with van der Waals surface area (Å²) < 4.78 is 47.0. The van der Waals surface area contributed by atoms with Crippen LogP contribution in [0, 0.1) is 0 Å². The predicted octanol–water partition coefficient (Wildman–Crippen LogP) is 4.47. The van der Waals surface area contributed by atoms with Gasteiger partial charge in [0.05, 0.1) is 17.2 Å².